The first-order chi connectivity index (χ1) is 7.01. The van der Waals surface area contributed by atoms with E-state index in [9.17, 15) is 4.79 Å². The molecule has 15 heavy (non-hydrogen) atoms. The summed E-state index contributed by atoms with van der Waals surface area (Å²) < 4.78 is 0. The number of rotatable bonds is 4. The van der Waals surface area contributed by atoms with E-state index in [0.29, 0.717) is 12.5 Å². The Morgan fingerprint density at radius 3 is 2.53 bits per heavy atom. The van der Waals surface area contributed by atoms with Crippen LogP contribution in [0.1, 0.15) is 20.8 Å². The van der Waals surface area contributed by atoms with Gasteiger partial charge in [0, 0.05) is 19.6 Å². The monoisotopic (exact) mass is 215 g/mol. The molecule has 0 radical (unpaired) electrons. The number of hydrogen-bond donors (Lipinski definition) is 3. The van der Waals surface area contributed by atoms with Crippen molar-refractivity contribution < 1.29 is 4.79 Å². The first-order valence-electron chi connectivity index (χ1n) is 5.02. The molecule has 6 heteroatoms. The molecule has 0 fully saturated rings. The van der Waals surface area contributed by atoms with Gasteiger partial charge in [0.25, 0.3) is 0 Å². The zero-order valence-corrected chi connectivity index (χ0v) is 9.87. The van der Waals surface area contributed by atoms with E-state index in [1.165, 1.54) is 0 Å². The fourth-order valence-electron chi connectivity index (χ4n) is 0.850. The number of nitrogens with zero attached hydrogens (tertiary/aromatic N) is 2. The standard InChI is InChI=1S/C9H21N5O/c1-5-14(4)8(15)6-11-9(13-10)12-7(2)3/h7H,5-6,10H2,1-4H3,(H2,11,12,13). The highest BCUT2D eigenvalue weighted by molar-refractivity contribution is 5.84. The highest BCUT2D eigenvalue weighted by Gasteiger charge is 2.06. The Morgan fingerprint density at radius 1 is 1.53 bits per heavy atom. The molecule has 6 nitrogen and oxygen atoms in total. The molecular formula is C9H21N5O. The number of amides is 1. The average molecular weight is 215 g/mol. The summed E-state index contributed by atoms with van der Waals surface area (Å²) in [5.74, 6) is 5.65. The third-order valence-corrected chi connectivity index (χ3v) is 1.83. The number of carbonyl (C=O) groups excluding carboxylic acids is 1. The van der Waals surface area contributed by atoms with Crippen LogP contribution >= 0.6 is 0 Å². The molecule has 0 aromatic rings. The van der Waals surface area contributed by atoms with Crippen molar-refractivity contribution in [3.63, 3.8) is 0 Å². The van der Waals surface area contributed by atoms with Crippen molar-refractivity contribution in [3.05, 3.63) is 0 Å². The van der Waals surface area contributed by atoms with Crippen LogP contribution in [-0.2, 0) is 4.79 Å². The van der Waals surface area contributed by atoms with E-state index in [1.807, 2.05) is 20.8 Å². The van der Waals surface area contributed by atoms with Gasteiger partial charge in [0.2, 0.25) is 11.9 Å². The summed E-state index contributed by atoms with van der Waals surface area (Å²) in [5, 5.41) is 2.98. The number of nitrogens with two attached hydrogens (primary N) is 1. The van der Waals surface area contributed by atoms with Gasteiger partial charge in [-0.1, -0.05) is 0 Å². The number of carbonyl (C=O) groups is 1. The SMILES string of the molecule is CCN(C)C(=O)CN=C(NN)NC(C)C. The number of hydrogen-bond acceptors (Lipinski definition) is 3. The molecule has 0 spiro atoms. The lowest BCUT2D eigenvalue weighted by Gasteiger charge is -2.14. The van der Waals surface area contributed by atoms with Crippen LogP contribution in [0.2, 0.25) is 0 Å². The van der Waals surface area contributed by atoms with Gasteiger partial charge in [0.15, 0.2) is 0 Å². The molecule has 0 aliphatic carbocycles. The topological polar surface area (TPSA) is 82.8 Å². The molecule has 4 N–H and O–H groups in total. The Bertz CT molecular complexity index is 227. The fourth-order valence-corrected chi connectivity index (χ4v) is 0.850. The normalized spacial score (nSPS) is 11.5. The molecule has 0 aromatic heterocycles. The minimum atomic E-state index is -0.0317. The maximum absolute atomic E-state index is 11.4. The van der Waals surface area contributed by atoms with Crippen molar-refractivity contribution in [1.29, 1.82) is 0 Å². The van der Waals surface area contributed by atoms with Crippen LogP contribution in [0.3, 0.4) is 0 Å². The summed E-state index contributed by atoms with van der Waals surface area (Å²) in [6.07, 6.45) is 0. The second-order valence-electron chi connectivity index (χ2n) is 3.52. The van der Waals surface area contributed by atoms with E-state index in [2.05, 4.69) is 15.7 Å². The number of likely N-dealkylation sites (N-methyl/N-ethyl adjacent to an activating group) is 1. The van der Waals surface area contributed by atoms with Crippen LogP contribution in [0.25, 0.3) is 0 Å². The molecule has 0 saturated carbocycles. The quantitative estimate of drug-likeness (QED) is 0.250. The Kier molecular flexibility index (Phi) is 6.44. The van der Waals surface area contributed by atoms with Crippen LogP contribution < -0.4 is 16.6 Å². The predicted molar refractivity (Wildman–Crippen MR) is 61.2 cm³/mol. The van der Waals surface area contributed by atoms with Gasteiger partial charge in [-0.05, 0) is 20.8 Å². The smallest absolute Gasteiger partial charge is 0.244 e. The van der Waals surface area contributed by atoms with E-state index in [1.54, 1.807) is 11.9 Å². The van der Waals surface area contributed by atoms with Gasteiger partial charge in [-0.15, -0.1) is 0 Å². The summed E-state index contributed by atoms with van der Waals surface area (Å²) in [7, 11) is 1.74. The maximum atomic E-state index is 11.4. The predicted octanol–water partition coefficient (Wildman–Crippen LogP) is -0.718. The first-order valence-corrected chi connectivity index (χ1v) is 5.02. The van der Waals surface area contributed by atoms with Crippen LogP contribution in [0, 0.1) is 0 Å². The molecule has 0 aliphatic heterocycles. The second-order valence-corrected chi connectivity index (χ2v) is 3.52. The Hall–Kier alpha value is -1.30. The average Bonchev–Trinajstić information content (AvgIpc) is 2.21. The summed E-state index contributed by atoms with van der Waals surface area (Å²) >= 11 is 0. The molecule has 1 amide bonds. The van der Waals surface area contributed by atoms with Crippen molar-refractivity contribution >= 4 is 11.9 Å². The summed E-state index contributed by atoms with van der Waals surface area (Å²) in [4.78, 5) is 17.0. The summed E-state index contributed by atoms with van der Waals surface area (Å²) in [6.45, 7) is 6.62. The first kappa shape index (κ1) is 13.7. The lowest BCUT2D eigenvalue weighted by molar-refractivity contribution is -0.128. The van der Waals surface area contributed by atoms with E-state index in [4.69, 9.17) is 5.84 Å². The molecule has 88 valence electrons. The number of hydrazine groups is 1. The van der Waals surface area contributed by atoms with Gasteiger partial charge in [-0.2, -0.15) is 0 Å². The molecule has 0 heterocycles. The fraction of sp³-hybridized carbons (Fsp3) is 0.778. The van der Waals surface area contributed by atoms with E-state index >= 15 is 0 Å². The summed E-state index contributed by atoms with van der Waals surface area (Å²) in [5.41, 5.74) is 2.41. The van der Waals surface area contributed by atoms with Crippen LogP contribution in [-0.4, -0.2) is 42.9 Å². The van der Waals surface area contributed by atoms with Crippen LogP contribution in [0.5, 0.6) is 0 Å². The molecule has 0 bridgehead atoms. The van der Waals surface area contributed by atoms with Gasteiger partial charge in [-0.25, -0.2) is 10.8 Å². The number of guanidine groups is 1. The zero-order chi connectivity index (χ0) is 11.8. The van der Waals surface area contributed by atoms with Crippen molar-refractivity contribution in [2.45, 2.75) is 26.8 Å². The lowest BCUT2D eigenvalue weighted by Crippen LogP contribution is -2.45. The molecule has 0 atom stereocenters. The lowest BCUT2D eigenvalue weighted by atomic mass is 10.4. The Labute approximate surface area is 90.9 Å². The van der Waals surface area contributed by atoms with E-state index in [0.717, 1.165) is 0 Å². The van der Waals surface area contributed by atoms with Crippen LogP contribution in [0.15, 0.2) is 4.99 Å². The zero-order valence-electron chi connectivity index (χ0n) is 9.87. The Morgan fingerprint density at radius 2 is 2.13 bits per heavy atom. The minimum Gasteiger partial charge on any atom is -0.353 e. The third-order valence-electron chi connectivity index (χ3n) is 1.83. The van der Waals surface area contributed by atoms with Crippen molar-refractivity contribution in [1.82, 2.24) is 15.6 Å². The molecular weight excluding hydrogens is 194 g/mol. The molecule has 0 aromatic carbocycles. The number of aliphatic imine (C=N–C) groups is 1. The molecule has 0 saturated heterocycles. The minimum absolute atomic E-state index is 0.0317. The maximum Gasteiger partial charge on any atom is 0.244 e. The van der Waals surface area contributed by atoms with Gasteiger partial charge >= 0.3 is 0 Å². The van der Waals surface area contributed by atoms with Crippen molar-refractivity contribution in [3.8, 4) is 0 Å². The van der Waals surface area contributed by atoms with E-state index < -0.39 is 0 Å². The third kappa shape index (κ3) is 5.90. The van der Waals surface area contributed by atoms with Crippen LogP contribution in [0.4, 0.5) is 0 Å². The highest BCUT2D eigenvalue weighted by atomic mass is 16.2. The summed E-state index contributed by atoms with van der Waals surface area (Å²) in [6, 6.07) is 0.221. The largest absolute Gasteiger partial charge is 0.353 e. The molecule has 0 aliphatic rings. The van der Waals surface area contributed by atoms with Gasteiger partial charge in [0.1, 0.15) is 6.54 Å². The Balaban J connectivity index is 4.16. The molecule has 0 rings (SSSR count). The number of nitrogens with one attached hydrogen (secondary N) is 2. The van der Waals surface area contributed by atoms with Crippen molar-refractivity contribution in [2.75, 3.05) is 20.1 Å². The van der Waals surface area contributed by atoms with Gasteiger partial charge < -0.3 is 10.2 Å². The van der Waals surface area contributed by atoms with Gasteiger partial charge in [0.05, 0.1) is 0 Å². The van der Waals surface area contributed by atoms with Gasteiger partial charge in [-0.3, -0.25) is 10.2 Å². The van der Waals surface area contributed by atoms with Crippen molar-refractivity contribution in [2.24, 2.45) is 10.8 Å². The molecule has 0 unspecified atom stereocenters. The van der Waals surface area contributed by atoms with E-state index in [-0.39, 0.29) is 18.5 Å². The second kappa shape index (κ2) is 7.05. The highest BCUT2D eigenvalue weighted by Crippen LogP contribution is 1.85.